The van der Waals surface area contributed by atoms with Crippen LogP contribution in [0.3, 0.4) is 0 Å². The first-order chi connectivity index (χ1) is 11.6. The molecule has 7 nitrogen and oxygen atoms in total. The molecule has 0 radical (unpaired) electrons. The van der Waals surface area contributed by atoms with Gasteiger partial charge in [0.25, 0.3) is 5.91 Å². The standard InChI is InChI=1S/C17H22N4O3/c1-13-15(5-9-24-13)17(23)20-7-2-4-14(11-20)10-18-16(22)12-21-8-3-6-19-21/h3,5-6,8-9,14H,2,4,7,10-12H2,1H3,(H,18,22). The van der Waals surface area contributed by atoms with Crippen molar-refractivity contribution >= 4 is 11.8 Å². The maximum absolute atomic E-state index is 12.5. The van der Waals surface area contributed by atoms with Crippen molar-refractivity contribution in [3.8, 4) is 0 Å². The largest absolute Gasteiger partial charge is 0.469 e. The molecule has 1 N–H and O–H groups in total. The van der Waals surface area contributed by atoms with Gasteiger partial charge in [-0.2, -0.15) is 5.10 Å². The quantitative estimate of drug-likeness (QED) is 0.900. The van der Waals surface area contributed by atoms with Crippen LogP contribution in [0, 0.1) is 12.8 Å². The summed E-state index contributed by atoms with van der Waals surface area (Å²) >= 11 is 0. The highest BCUT2D eigenvalue weighted by Crippen LogP contribution is 2.20. The predicted octanol–water partition coefficient (Wildman–Crippen LogP) is 1.45. The fourth-order valence-electron chi connectivity index (χ4n) is 3.05. The topological polar surface area (TPSA) is 80.4 Å². The van der Waals surface area contributed by atoms with E-state index in [1.165, 1.54) is 0 Å². The number of likely N-dealkylation sites (tertiary alicyclic amines) is 1. The monoisotopic (exact) mass is 330 g/mol. The molecule has 1 aliphatic heterocycles. The second-order valence-electron chi connectivity index (χ2n) is 6.16. The first-order valence-electron chi connectivity index (χ1n) is 8.21. The van der Waals surface area contributed by atoms with E-state index < -0.39 is 0 Å². The molecule has 1 aliphatic rings. The van der Waals surface area contributed by atoms with Gasteiger partial charge in [0, 0.05) is 32.0 Å². The van der Waals surface area contributed by atoms with Crippen molar-refractivity contribution in [3.63, 3.8) is 0 Å². The molecule has 2 amide bonds. The van der Waals surface area contributed by atoms with Crippen molar-refractivity contribution in [1.29, 1.82) is 0 Å². The molecule has 3 rings (SSSR count). The summed E-state index contributed by atoms with van der Waals surface area (Å²) in [6.07, 6.45) is 6.90. The maximum atomic E-state index is 12.5. The van der Waals surface area contributed by atoms with E-state index in [1.54, 1.807) is 42.4 Å². The van der Waals surface area contributed by atoms with Gasteiger partial charge in [-0.05, 0) is 37.8 Å². The van der Waals surface area contributed by atoms with Gasteiger partial charge in [0.1, 0.15) is 12.3 Å². The second kappa shape index (κ2) is 7.33. The molecule has 1 unspecified atom stereocenters. The molecule has 1 saturated heterocycles. The summed E-state index contributed by atoms with van der Waals surface area (Å²) in [7, 11) is 0. The van der Waals surface area contributed by atoms with Crippen molar-refractivity contribution in [3.05, 3.63) is 42.1 Å². The summed E-state index contributed by atoms with van der Waals surface area (Å²) in [6, 6.07) is 3.50. The van der Waals surface area contributed by atoms with E-state index in [4.69, 9.17) is 4.42 Å². The number of carbonyl (C=O) groups is 2. The Balaban J connectivity index is 1.49. The Kier molecular flexibility index (Phi) is 4.98. The fraction of sp³-hybridized carbons (Fsp3) is 0.471. The van der Waals surface area contributed by atoms with Crippen LogP contribution in [0.15, 0.2) is 35.2 Å². The summed E-state index contributed by atoms with van der Waals surface area (Å²) in [4.78, 5) is 26.3. The van der Waals surface area contributed by atoms with Crippen LogP contribution in [0.5, 0.6) is 0 Å². The van der Waals surface area contributed by atoms with Crippen LogP contribution in [-0.2, 0) is 11.3 Å². The molecule has 0 aliphatic carbocycles. The third kappa shape index (κ3) is 3.84. The number of nitrogens with one attached hydrogen (secondary N) is 1. The van der Waals surface area contributed by atoms with E-state index in [2.05, 4.69) is 10.4 Å². The van der Waals surface area contributed by atoms with Crippen molar-refractivity contribution < 1.29 is 14.0 Å². The molecule has 128 valence electrons. The Hall–Kier alpha value is -2.57. The molecule has 1 atom stereocenters. The van der Waals surface area contributed by atoms with Crippen molar-refractivity contribution in [2.24, 2.45) is 5.92 Å². The van der Waals surface area contributed by atoms with Crippen LogP contribution in [-0.4, -0.2) is 46.1 Å². The van der Waals surface area contributed by atoms with Gasteiger partial charge in [-0.3, -0.25) is 14.3 Å². The lowest BCUT2D eigenvalue weighted by Crippen LogP contribution is -2.44. The molecule has 3 heterocycles. The molecule has 0 saturated carbocycles. The summed E-state index contributed by atoms with van der Waals surface area (Å²) in [5.41, 5.74) is 0.623. The zero-order valence-corrected chi connectivity index (χ0v) is 13.8. The van der Waals surface area contributed by atoms with E-state index in [0.29, 0.717) is 24.4 Å². The zero-order chi connectivity index (χ0) is 16.9. The minimum Gasteiger partial charge on any atom is -0.469 e. The highest BCUT2D eigenvalue weighted by atomic mass is 16.3. The van der Waals surface area contributed by atoms with Crippen LogP contribution in [0.1, 0.15) is 29.0 Å². The lowest BCUT2D eigenvalue weighted by atomic mass is 9.97. The zero-order valence-electron chi connectivity index (χ0n) is 13.8. The van der Waals surface area contributed by atoms with Crippen LogP contribution in [0.2, 0.25) is 0 Å². The van der Waals surface area contributed by atoms with Gasteiger partial charge in [0.2, 0.25) is 5.91 Å². The minimum atomic E-state index is -0.0622. The minimum absolute atomic E-state index is 0.00816. The number of piperidine rings is 1. The molecule has 0 spiro atoms. The van der Waals surface area contributed by atoms with Gasteiger partial charge in [-0.15, -0.1) is 0 Å². The molecule has 24 heavy (non-hydrogen) atoms. The predicted molar refractivity (Wildman–Crippen MR) is 87.3 cm³/mol. The first-order valence-corrected chi connectivity index (χ1v) is 8.21. The number of aromatic nitrogens is 2. The van der Waals surface area contributed by atoms with Gasteiger partial charge in [0.15, 0.2) is 0 Å². The molecule has 1 fully saturated rings. The average Bonchev–Trinajstić information content (AvgIpc) is 3.24. The molecular weight excluding hydrogens is 308 g/mol. The van der Waals surface area contributed by atoms with Gasteiger partial charge < -0.3 is 14.6 Å². The SMILES string of the molecule is Cc1occc1C(=O)N1CCCC(CNC(=O)Cn2cccn2)C1. The summed E-state index contributed by atoms with van der Waals surface area (Å²) in [5, 5.41) is 6.96. The van der Waals surface area contributed by atoms with E-state index >= 15 is 0 Å². The van der Waals surface area contributed by atoms with E-state index in [9.17, 15) is 9.59 Å². The van der Waals surface area contributed by atoms with Gasteiger partial charge >= 0.3 is 0 Å². The number of rotatable bonds is 5. The number of carbonyl (C=O) groups excluding carboxylic acids is 2. The van der Waals surface area contributed by atoms with Crippen LogP contribution in [0.25, 0.3) is 0 Å². The number of hydrogen-bond donors (Lipinski definition) is 1. The third-order valence-corrected chi connectivity index (χ3v) is 4.35. The lowest BCUT2D eigenvalue weighted by molar-refractivity contribution is -0.122. The first kappa shape index (κ1) is 16.3. The Morgan fingerprint density at radius 1 is 1.46 bits per heavy atom. The number of hydrogen-bond acceptors (Lipinski definition) is 4. The van der Waals surface area contributed by atoms with Crippen LogP contribution in [0.4, 0.5) is 0 Å². The summed E-state index contributed by atoms with van der Waals surface area (Å²) in [6.45, 7) is 4.00. The molecule has 2 aromatic rings. The normalized spacial score (nSPS) is 17.7. The molecule has 0 aromatic carbocycles. The highest BCUT2D eigenvalue weighted by Gasteiger charge is 2.26. The molecule has 0 bridgehead atoms. The van der Waals surface area contributed by atoms with E-state index in [0.717, 1.165) is 19.4 Å². The van der Waals surface area contributed by atoms with Crippen molar-refractivity contribution in [1.82, 2.24) is 20.0 Å². The smallest absolute Gasteiger partial charge is 0.257 e. The summed E-state index contributed by atoms with van der Waals surface area (Å²) < 4.78 is 6.81. The average molecular weight is 330 g/mol. The third-order valence-electron chi connectivity index (χ3n) is 4.35. The molecular formula is C17H22N4O3. The Morgan fingerprint density at radius 2 is 2.33 bits per heavy atom. The molecule has 2 aromatic heterocycles. The van der Waals surface area contributed by atoms with Crippen LogP contribution >= 0.6 is 0 Å². The molecule has 7 heteroatoms. The van der Waals surface area contributed by atoms with Crippen molar-refractivity contribution in [2.75, 3.05) is 19.6 Å². The van der Waals surface area contributed by atoms with Gasteiger partial charge in [0.05, 0.1) is 11.8 Å². The Morgan fingerprint density at radius 3 is 3.04 bits per heavy atom. The maximum Gasteiger partial charge on any atom is 0.257 e. The van der Waals surface area contributed by atoms with E-state index in [-0.39, 0.29) is 24.3 Å². The number of nitrogens with zero attached hydrogens (tertiary/aromatic N) is 3. The van der Waals surface area contributed by atoms with Crippen molar-refractivity contribution in [2.45, 2.75) is 26.3 Å². The number of furan rings is 1. The van der Waals surface area contributed by atoms with Gasteiger partial charge in [-0.25, -0.2) is 0 Å². The summed E-state index contributed by atoms with van der Waals surface area (Å²) in [5.74, 6) is 0.868. The van der Waals surface area contributed by atoms with E-state index in [1.807, 2.05) is 4.90 Å². The van der Waals surface area contributed by atoms with Crippen LogP contribution < -0.4 is 5.32 Å². The fourth-order valence-corrected chi connectivity index (χ4v) is 3.05. The lowest BCUT2D eigenvalue weighted by Gasteiger charge is -2.32. The second-order valence-corrected chi connectivity index (χ2v) is 6.16. The van der Waals surface area contributed by atoms with Gasteiger partial charge in [-0.1, -0.05) is 0 Å². The highest BCUT2D eigenvalue weighted by molar-refractivity contribution is 5.95. The number of aryl methyl sites for hydroxylation is 1. The Labute approximate surface area is 140 Å². The Bertz CT molecular complexity index is 693. The number of amides is 2.